The summed E-state index contributed by atoms with van der Waals surface area (Å²) < 4.78 is 1.80. The number of anilines is 2. The summed E-state index contributed by atoms with van der Waals surface area (Å²) in [4.78, 5) is 13.3. The van der Waals surface area contributed by atoms with E-state index in [1.165, 1.54) is 16.5 Å². The van der Waals surface area contributed by atoms with Gasteiger partial charge in [0.25, 0.3) is 0 Å². The third-order valence-electron chi connectivity index (χ3n) is 4.30. The molecule has 0 fully saturated rings. The first-order chi connectivity index (χ1) is 12.5. The van der Waals surface area contributed by atoms with Crippen molar-refractivity contribution in [2.45, 2.75) is 27.7 Å². The number of hydrogen-bond acceptors (Lipinski definition) is 5. The summed E-state index contributed by atoms with van der Waals surface area (Å²) in [5, 5.41) is 9.01. The molecule has 0 atom stereocenters. The number of pyridine rings is 1. The molecule has 1 N–H and O–H groups in total. The zero-order valence-electron chi connectivity index (χ0n) is 15.3. The van der Waals surface area contributed by atoms with E-state index in [1.54, 1.807) is 23.1 Å². The van der Waals surface area contributed by atoms with Gasteiger partial charge in [0, 0.05) is 23.8 Å². The first-order valence-electron chi connectivity index (χ1n) is 8.51. The van der Waals surface area contributed by atoms with Gasteiger partial charge in [0.2, 0.25) is 5.95 Å². The minimum atomic E-state index is 0.526. The predicted octanol–water partition coefficient (Wildman–Crippen LogP) is 4.19. The van der Waals surface area contributed by atoms with Crippen molar-refractivity contribution in [1.82, 2.24) is 24.7 Å². The van der Waals surface area contributed by atoms with E-state index in [-0.39, 0.29) is 0 Å². The Morgan fingerprint density at radius 3 is 2.42 bits per heavy atom. The van der Waals surface area contributed by atoms with E-state index in [0.717, 1.165) is 28.4 Å². The third-order valence-corrected chi connectivity index (χ3v) is 4.30. The van der Waals surface area contributed by atoms with E-state index in [0.29, 0.717) is 5.95 Å². The van der Waals surface area contributed by atoms with Gasteiger partial charge in [-0.25, -0.2) is 15.0 Å². The second-order valence-electron chi connectivity index (χ2n) is 6.56. The highest BCUT2D eigenvalue weighted by atomic mass is 15.4. The van der Waals surface area contributed by atoms with Gasteiger partial charge in [0.15, 0.2) is 5.82 Å². The molecule has 6 heteroatoms. The molecule has 26 heavy (non-hydrogen) atoms. The van der Waals surface area contributed by atoms with Gasteiger partial charge in [-0.2, -0.15) is 9.78 Å². The molecule has 3 heterocycles. The Balaban J connectivity index is 1.86. The fourth-order valence-corrected chi connectivity index (χ4v) is 3.18. The zero-order valence-corrected chi connectivity index (χ0v) is 15.3. The summed E-state index contributed by atoms with van der Waals surface area (Å²) in [7, 11) is 0. The van der Waals surface area contributed by atoms with Crippen LogP contribution in [0.15, 0.2) is 42.7 Å². The SMILES string of the molecule is Cc1cc(C)c2nc(-n3nc(C)cc3Nc3ncccn3)cc(C)c2c1. The lowest BCUT2D eigenvalue weighted by atomic mass is 10.0. The van der Waals surface area contributed by atoms with E-state index in [2.05, 4.69) is 59.4 Å². The maximum Gasteiger partial charge on any atom is 0.228 e. The lowest BCUT2D eigenvalue weighted by molar-refractivity contribution is 0.841. The molecular weight excluding hydrogens is 324 g/mol. The molecule has 0 amide bonds. The monoisotopic (exact) mass is 344 g/mol. The van der Waals surface area contributed by atoms with Gasteiger partial charge in [-0.05, 0) is 57.0 Å². The van der Waals surface area contributed by atoms with Crippen molar-refractivity contribution in [3.63, 3.8) is 0 Å². The van der Waals surface area contributed by atoms with Gasteiger partial charge in [-0.15, -0.1) is 0 Å². The van der Waals surface area contributed by atoms with Crippen molar-refractivity contribution >= 4 is 22.7 Å². The van der Waals surface area contributed by atoms with E-state index in [4.69, 9.17) is 4.98 Å². The molecule has 0 radical (unpaired) electrons. The van der Waals surface area contributed by atoms with Gasteiger partial charge in [0.1, 0.15) is 5.82 Å². The van der Waals surface area contributed by atoms with E-state index in [9.17, 15) is 0 Å². The number of nitrogens with zero attached hydrogens (tertiary/aromatic N) is 5. The molecule has 0 unspecified atom stereocenters. The first kappa shape index (κ1) is 16.2. The van der Waals surface area contributed by atoms with Crippen molar-refractivity contribution in [1.29, 1.82) is 0 Å². The van der Waals surface area contributed by atoms with Crippen LogP contribution in [-0.2, 0) is 0 Å². The summed E-state index contributed by atoms with van der Waals surface area (Å²) in [5.74, 6) is 2.08. The van der Waals surface area contributed by atoms with Crippen LogP contribution >= 0.6 is 0 Å². The van der Waals surface area contributed by atoms with Gasteiger partial charge < -0.3 is 5.32 Å². The molecule has 4 aromatic rings. The van der Waals surface area contributed by atoms with Crippen molar-refractivity contribution in [3.8, 4) is 5.82 Å². The van der Waals surface area contributed by atoms with Crippen LogP contribution < -0.4 is 5.32 Å². The number of fused-ring (bicyclic) bond motifs is 1. The summed E-state index contributed by atoms with van der Waals surface area (Å²) >= 11 is 0. The van der Waals surface area contributed by atoms with Gasteiger partial charge in [-0.1, -0.05) is 11.6 Å². The number of aryl methyl sites for hydroxylation is 4. The molecule has 0 saturated carbocycles. The molecule has 6 nitrogen and oxygen atoms in total. The fourth-order valence-electron chi connectivity index (χ4n) is 3.18. The lowest BCUT2D eigenvalue weighted by Gasteiger charge is -2.12. The second-order valence-corrected chi connectivity index (χ2v) is 6.56. The van der Waals surface area contributed by atoms with Crippen LogP contribution in [-0.4, -0.2) is 24.7 Å². The number of benzene rings is 1. The highest BCUT2D eigenvalue weighted by Crippen LogP contribution is 2.26. The highest BCUT2D eigenvalue weighted by Gasteiger charge is 2.13. The van der Waals surface area contributed by atoms with Crippen molar-refractivity contribution < 1.29 is 0 Å². The standard InChI is InChI=1S/C20H20N6/c1-12-8-14(3)19-16(9-12)13(2)10-17(23-19)26-18(11-15(4)25-26)24-20-21-6-5-7-22-20/h5-11H,1-4H3,(H,21,22,24). The summed E-state index contributed by atoms with van der Waals surface area (Å²) in [5.41, 5.74) is 5.47. The highest BCUT2D eigenvalue weighted by molar-refractivity contribution is 5.86. The zero-order chi connectivity index (χ0) is 18.3. The van der Waals surface area contributed by atoms with E-state index >= 15 is 0 Å². The lowest BCUT2D eigenvalue weighted by Crippen LogP contribution is -2.07. The van der Waals surface area contributed by atoms with E-state index in [1.807, 2.05) is 13.0 Å². The summed E-state index contributed by atoms with van der Waals surface area (Å²) in [6, 6.07) is 10.1. The van der Waals surface area contributed by atoms with Gasteiger partial charge in [0.05, 0.1) is 11.2 Å². The molecule has 0 aliphatic carbocycles. The van der Waals surface area contributed by atoms with Crippen molar-refractivity contribution in [2.24, 2.45) is 0 Å². The molecule has 4 rings (SSSR count). The van der Waals surface area contributed by atoms with Crippen LogP contribution in [0.5, 0.6) is 0 Å². The Morgan fingerprint density at radius 1 is 0.885 bits per heavy atom. The number of rotatable bonds is 3. The van der Waals surface area contributed by atoms with Crippen molar-refractivity contribution in [3.05, 3.63) is 65.1 Å². The molecule has 1 aromatic carbocycles. The fraction of sp³-hybridized carbons (Fsp3) is 0.200. The first-order valence-corrected chi connectivity index (χ1v) is 8.51. The van der Waals surface area contributed by atoms with Gasteiger partial charge >= 0.3 is 0 Å². The number of aromatic nitrogens is 5. The minimum Gasteiger partial charge on any atom is -0.309 e. The second kappa shape index (κ2) is 6.22. The Kier molecular flexibility index (Phi) is 3.88. The quantitative estimate of drug-likeness (QED) is 0.603. The smallest absolute Gasteiger partial charge is 0.228 e. The van der Waals surface area contributed by atoms with Crippen LogP contribution in [0.1, 0.15) is 22.4 Å². The Hall–Kier alpha value is -3.28. The van der Waals surface area contributed by atoms with E-state index < -0.39 is 0 Å². The Labute approximate surface area is 152 Å². The van der Waals surface area contributed by atoms with Crippen LogP contribution in [0.4, 0.5) is 11.8 Å². The average Bonchev–Trinajstić information content (AvgIpc) is 2.97. The normalized spacial score (nSPS) is 11.1. The maximum atomic E-state index is 4.88. The molecule has 0 aliphatic rings. The molecule has 0 spiro atoms. The Morgan fingerprint density at radius 2 is 1.65 bits per heavy atom. The van der Waals surface area contributed by atoms with Crippen LogP contribution in [0.3, 0.4) is 0 Å². The van der Waals surface area contributed by atoms with Crippen LogP contribution in [0.2, 0.25) is 0 Å². The number of nitrogens with one attached hydrogen (secondary N) is 1. The largest absolute Gasteiger partial charge is 0.309 e. The number of hydrogen-bond donors (Lipinski definition) is 1. The molecular formula is C20H20N6. The topological polar surface area (TPSA) is 68.5 Å². The molecule has 0 aliphatic heterocycles. The van der Waals surface area contributed by atoms with Gasteiger partial charge in [-0.3, -0.25) is 0 Å². The third kappa shape index (κ3) is 2.90. The predicted molar refractivity (Wildman–Crippen MR) is 103 cm³/mol. The molecule has 0 bridgehead atoms. The van der Waals surface area contributed by atoms with Crippen LogP contribution in [0.25, 0.3) is 16.7 Å². The summed E-state index contributed by atoms with van der Waals surface area (Å²) in [6.45, 7) is 8.27. The van der Waals surface area contributed by atoms with Crippen LogP contribution in [0, 0.1) is 27.7 Å². The molecule has 130 valence electrons. The maximum absolute atomic E-state index is 4.88. The minimum absolute atomic E-state index is 0.526. The van der Waals surface area contributed by atoms with Crippen molar-refractivity contribution in [2.75, 3.05) is 5.32 Å². The Bertz CT molecular complexity index is 1100. The summed E-state index contributed by atoms with van der Waals surface area (Å²) in [6.07, 6.45) is 3.40. The average molecular weight is 344 g/mol. The molecule has 0 saturated heterocycles. The molecule has 3 aromatic heterocycles.